The molecule has 0 aliphatic carbocycles. The number of aromatic nitrogens is 3. The van der Waals surface area contributed by atoms with E-state index in [0.29, 0.717) is 33.6 Å². The molecule has 4 rings (SSSR count). The molecule has 0 aliphatic heterocycles. The average molecular weight is 483 g/mol. The number of esters is 1. The number of anilines is 1. The summed E-state index contributed by atoms with van der Waals surface area (Å²) in [5.74, 6) is 0.639. The molecule has 0 saturated heterocycles. The van der Waals surface area contributed by atoms with Gasteiger partial charge in [-0.25, -0.2) is 4.79 Å². The van der Waals surface area contributed by atoms with Crippen LogP contribution in [-0.4, -0.2) is 39.0 Å². The highest BCUT2D eigenvalue weighted by Crippen LogP contribution is 2.36. The molecule has 0 radical (unpaired) electrons. The third-order valence-corrected chi connectivity index (χ3v) is 6.57. The second kappa shape index (κ2) is 10.5. The molecule has 10 heteroatoms. The number of nitrogens with zero attached hydrogens (tertiary/aromatic N) is 3. The molecule has 0 aliphatic rings. The summed E-state index contributed by atoms with van der Waals surface area (Å²) in [6.45, 7) is 4.64. The van der Waals surface area contributed by atoms with E-state index in [4.69, 9.17) is 9.15 Å². The van der Waals surface area contributed by atoms with Crippen LogP contribution in [0, 0.1) is 0 Å². The van der Waals surface area contributed by atoms with Crippen LogP contribution in [0.25, 0.3) is 22.7 Å². The molecule has 1 amide bonds. The van der Waals surface area contributed by atoms with Crippen LogP contribution < -0.4 is 5.32 Å². The Hall–Kier alpha value is -3.37. The fourth-order valence-electron chi connectivity index (χ4n) is 3.24. The van der Waals surface area contributed by atoms with Crippen molar-refractivity contribution in [3.8, 4) is 22.7 Å². The fraction of sp³-hybridized carbons (Fsp3) is 0.217. The summed E-state index contributed by atoms with van der Waals surface area (Å²) in [6, 6.07) is 13.3. The zero-order chi connectivity index (χ0) is 23.2. The van der Waals surface area contributed by atoms with Gasteiger partial charge in [-0.15, -0.1) is 21.5 Å². The Bertz CT molecular complexity index is 1230. The molecule has 0 saturated carbocycles. The van der Waals surface area contributed by atoms with E-state index < -0.39 is 5.97 Å². The van der Waals surface area contributed by atoms with Gasteiger partial charge in [-0.3, -0.25) is 4.79 Å². The van der Waals surface area contributed by atoms with Gasteiger partial charge in [0.25, 0.3) is 0 Å². The zero-order valence-corrected chi connectivity index (χ0v) is 19.7. The van der Waals surface area contributed by atoms with Gasteiger partial charge in [-0.05, 0) is 26.0 Å². The summed E-state index contributed by atoms with van der Waals surface area (Å²) in [5.41, 5.74) is 1.84. The quantitative estimate of drug-likeness (QED) is 0.259. The molecule has 8 nitrogen and oxygen atoms in total. The molecule has 0 fully saturated rings. The van der Waals surface area contributed by atoms with Crippen LogP contribution in [0.2, 0.25) is 0 Å². The molecule has 1 N–H and O–H groups in total. The van der Waals surface area contributed by atoms with Crippen molar-refractivity contribution >= 4 is 40.0 Å². The lowest BCUT2D eigenvalue weighted by atomic mass is 10.1. The van der Waals surface area contributed by atoms with Gasteiger partial charge in [0.15, 0.2) is 11.0 Å². The van der Waals surface area contributed by atoms with Gasteiger partial charge >= 0.3 is 5.97 Å². The van der Waals surface area contributed by atoms with Gasteiger partial charge < -0.3 is 19.0 Å². The third-order valence-electron chi connectivity index (χ3n) is 4.71. The first-order valence-corrected chi connectivity index (χ1v) is 12.2. The number of benzene rings is 1. The second-order valence-corrected chi connectivity index (χ2v) is 8.63. The van der Waals surface area contributed by atoms with E-state index in [2.05, 4.69) is 15.5 Å². The molecule has 0 spiro atoms. The predicted octanol–water partition coefficient (Wildman–Crippen LogP) is 5.19. The Morgan fingerprint density at radius 3 is 2.67 bits per heavy atom. The topological polar surface area (TPSA) is 99.2 Å². The van der Waals surface area contributed by atoms with Crippen molar-refractivity contribution in [1.82, 2.24) is 14.8 Å². The number of thioether (sulfide) groups is 1. The minimum Gasteiger partial charge on any atom is -0.464 e. The van der Waals surface area contributed by atoms with Crippen molar-refractivity contribution in [2.75, 3.05) is 17.7 Å². The molecular formula is C23H22N4O4S2. The van der Waals surface area contributed by atoms with E-state index in [0.717, 1.165) is 11.4 Å². The first-order valence-electron chi connectivity index (χ1n) is 10.4. The number of carbonyl (C=O) groups is 2. The summed E-state index contributed by atoms with van der Waals surface area (Å²) >= 11 is 2.54. The number of hydrogen-bond donors (Lipinski definition) is 1. The molecule has 4 aromatic rings. The maximum Gasteiger partial charge on any atom is 0.341 e. The predicted molar refractivity (Wildman–Crippen MR) is 128 cm³/mol. The monoisotopic (exact) mass is 482 g/mol. The maximum absolute atomic E-state index is 12.7. The van der Waals surface area contributed by atoms with Gasteiger partial charge in [0.05, 0.1) is 18.6 Å². The molecule has 3 aromatic heterocycles. The van der Waals surface area contributed by atoms with E-state index in [-0.39, 0.29) is 18.3 Å². The molecule has 33 heavy (non-hydrogen) atoms. The Morgan fingerprint density at radius 1 is 1.15 bits per heavy atom. The highest BCUT2D eigenvalue weighted by Gasteiger charge is 2.24. The highest BCUT2D eigenvalue weighted by molar-refractivity contribution is 7.99. The van der Waals surface area contributed by atoms with E-state index in [1.54, 1.807) is 24.4 Å². The van der Waals surface area contributed by atoms with Crippen LogP contribution in [-0.2, 0) is 16.1 Å². The van der Waals surface area contributed by atoms with Gasteiger partial charge in [-0.2, -0.15) is 0 Å². The van der Waals surface area contributed by atoms with Crippen molar-refractivity contribution in [3.05, 3.63) is 59.7 Å². The van der Waals surface area contributed by atoms with Gasteiger partial charge in [0, 0.05) is 23.1 Å². The van der Waals surface area contributed by atoms with Crippen LogP contribution in [0.15, 0.2) is 63.7 Å². The van der Waals surface area contributed by atoms with Crippen LogP contribution in [0.3, 0.4) is 0 Å². The molecular weight excluding hydrogens is 460 g/mol. The number of carbonyl (C=O) groups excluding carboxylic acids is 2. The van der Waals surface area contributed by atoms with E-state index in [1.807, 2.05) is 41.8 Å². The molecule has 3 heterocycles. The lowest BCUT2D eigenvalue weighted by Gasteiger charge is -2.09. The van der Waals surface area contributed by atoms with Crippen LogP contribution in [0.1, 0.15) is 24.2 Å². The van der Waals surface area contributed by atoms with E-state index >= 15 is 0 Å². The molecule has 170 valence electrons. The largest absolute Gasteiger partial charge is 0.464 e. The number of nitrogens with one attached hydrogen (secondary N) is 1. The van der Waals surface area contributed by atoms with Crippen molar-refractivity contribution in [1.29, 1.82) is 0 Å². The first kappa shape index (κ1) is 22.8. The number of rotatable bonds is 9. The van der Waals surface area contributed by atoms with Crippen molar-refractivity contribution < 1.29 is 18.7 Å². The summed E-state index contributed by atoms with van der Waals surface area (Å²) in [6.07, 6.45) is 1.53. The van der Waals surface area contributed by atoms with Gasteiger partial charge in [0.1, 0.15) is 16.3 Å². The molecule has 1 aromatic carbocycles. The number of hydrogen-bond acceptors (Lipinski definition) is 8. The molecule has 0 unspecified atom stereocenters. The maximum atomic E-state index is 12.7. The van der Waals surface area contributed by atoms with Crippen molar-refractivity contribution in [2.24, 2.45) is 0 Å². The Balaban J connectivity index is 1.49. The average Bonchev–Trinajstić information content (AvgIpc) is 3.57. The lowest BCUT2D eigenvalue weighted by molar-refractivity contribution is -0.113. The SMILES string of the molecule is CCOC(=O)c1c(-c2ccco2)csc1NC(=O)CSc1nnc(-c2ccccc2)n1CC. The summed E-state index contributed by atoms with van der Waals surface area (Å²) < 4.78 is 12.6. The minimum absolute atomic E-state index is 0.114. The third kappa shape index (κ3) is 5.01. The minimum atomic E-state index is -0.508. The summed E-state index contributed by atoms with van der Waals surface area (Å²) in [7, 11) is 0. The summed E-state index contributed by atoms with van der Waals surface area (Å²) in [4.78, 5) is 25.3. The number of ether oxygens (including phenoxy) is 1. The van der Waals surface area contributed by atoms with Gasteiger partial charge in [-0.1, -0.05) is 42.1 Å². The smallest absolute Gasteiger partial charge is 0.341 e. The standard InChI is InChI=1S/C23H22N4O4S2/c1-3-27-20(15-9-6-5-7-10-15)25-26-23(27)33-14-18(28)24-21-19(22(29)30-4-2)16(13-32-21)17-11-8-12-31-17/h5-13H,3-4,14H2,1-2H3,(H,24,28). The highest BCUT2D eigenvalue weighted by atomic mass is 32.2. The van der Waals surface area contributed by atoms with Crippen molar-refractivity contribution in [2.45, 2.75) is 25.5 Å². The van der Waals surface area contributed by atoms with Crippen LogP contribution in [0.4, 0.5) is 5.00 Å². The number of amides is 1. The Morgan fingerprint density at radius 2 is 1.97 bits per heavy atom. The van der Waals surface area contributed by atoms with Crippen LogP contribution >= 0.6 is 23.1 Å². The fourth-order valence-corrected chi connectivity index (χ4v) is 5.00. The lowest BCUT2D eigenvalue weighted by Crippen LogP contribution is -2.16. The zero-order valence-electron chi connectivity index (χ0n) is 18.1. The number of thiophene rings is 1. The molecule has 0 bridgehead atoms. The van der Waals surface area contributed by atoms with Crippen molar-refractivity contribution in [3.63, 3.8) is 0 Å². The van der Waals surface area contributed by atoms with Crippen LogP contribution in [0.5, 0.6) is 0 Å². The molecule has 0 atom stereocenters. The van der Waals surface area contributed by atoms with Gasteiger partial charge in [0.2, 0.25) is 5.91 Å². The normalized spacial score (nSPS) is 10.8. The van der Waals surface area contributed by atoms with E-state index in [9.17, 15) is 9.59 Å². The summed E-state index contributed by atoms with van der Waals surface area (Å²) in [5, 5.41) is 14.2. The Labute approximate surface area is 199 Å². The number of furan rings is 1. The Kier molecular flexibility index (Phi) is 7.26. The second-order valence-electron chi connectivity index (χ2n) is 6.80. The van der Waals surface area contributed by atoms with E-state index in [1.165, 1.54) is 29.4 Å². The first-order chi connectivity index (χ1) is 16.1.